The molecule has 9 heteroatoms. The molecule has 5 aromatic rings. The second kappa shape index (κ2) is 14.3. The van der Waals surface area contributed by atoms with Crippen LogP contribution in [-0.4, -0.2) is 35.6 Å². The highest BCUT2D eigenvalue weighted by Crippen LogP contribution is 2.39. The van der Waals surface area contributed by atoms with Gasteiger partial charge in [0.15, 0.2) is 0 Å². The van der Waals surface area contributed by atoms with E-state index in [1.807, 2.05) is 87.5 Å². The minimum atomic E-state index is -0.320. The van der Waals surface area contributed by atoms with Crippen molar-refractivity contribution < 1.29 is 9.36 Å². The van der Waals surface area contributed by atoms with Gasteiger partial charge in [0, 0.05) is 56.2 Å². The van der Waals surface area contributed by atoms with Crippen molar-refractivity contribution in [3.8, 4) is 23.5 Å². The molecular formula is C37H41N8O+. The largest absolute Gasteiger partial charge is 0.351 e. The van der Waals surface area contributed by atoms with Gasteiger partial charge in [0.1, 0.15) is 18.2 Å². The topological polar surface area (TPSA) is 105 Å². The fraction of sp³-hybridized carbons (Fsp3) is 0.351. The van der Waals surface area contributed by atoms with Gasteiger partial charge in [0.25, 0.3) is 5.82 Å². The van der Waals surface area contributed by atoms with Crippen molar-refractivity contribution in [1.29, 1.82) is 0 Å². The Balaban J connectivity index is 1.13. The number of hydrogen-bond acceptors (Lipinski definition) is 5. The zero-order valence-corrected chi connectivity index (χ0v) is 26.6. The monoisotopic (exact) mass is 613 g/mol. The van der Waals surface area contributed by atoms with E-state index < -0.39 is 0 Å². The maximum Gasteiger partial charge on any atom is 0.254 e. The molecule has 1 aliphatic rings. The highest BCUT2D eigenvalue weighted by molar-refractivity contribution is 5.83. The number of hydrogen-bond donors (Lipinski definition) is 2. The minimum Gasteiger partial charge on any atom is -0.351 e. The maximum absolute atomic E-state index is 13.8. The van der Waals surface area contributed by atoms with Gasteiger partial charge in [0.05, 0.1) is 42.5 Å². The molecule has 1 saturated carbocycles. The van der Waals surface area contributed by atoms with Gasteiger partial charge in [-0.15, -0.1) is 6.42 Å². The first kappa shape index (κ1) is 30.9. The molecule has 0 radical (unpaired) electrons. The Kier molecular flexibility index (Phi) is 9.63. The van der Waals surface area contributed by atoms with E-state index in [0.29, 0.717) is 12.5 Å². The van der Waals surface area contributed by atoms with E-state index in [4.69, 9.17) is 16.4 Å². The van der Waals surface area contributed by atoms with Crippen LogP contribution < -0.4 is 9.88 Å². The summed E-state index contributed by atoms with van der Waals surface area (Å²) >= 11 is 0. The average Bonchev–Trinajstić information content (AvgIpc) is 3.72. The number of aromatic nitrogens is 7. The van der Waals surface area contributed by atoms with Crippen LogP contribution in [-0.2, 0) is 44.7 Å². The van der Waals surface area contributed by atoms with Crippen LogP contribution in [0.5, 0.6) is 0 Å². The van der Waals surface area contributed by atoms with E-state index in [1.165, 1.54) is 0 Å². The molecule has 2 N–H and O–H groups in total. The van der Waals surface area contributed by atoms with E-state index in [-0.39, 0.29) is 17.7 Å². The summed E-state index contributed by atoms with van der Waals surface area (Å²) in [5.74, 6) is 5.10. The number of nitrogens with zero attached hydrogens (tertiary/aromatic N) is 6. The number of H-pyrrole nitrogens is 1. The van der Waals surface area contributed by atoms with Gasteiger partial charge in [-0.05, 0) is 49.1 Å². The van der Waals surface area contributed by atoms with E-state index in [2.05, 4.69) is 30.9 Å². The lowest BCUT2D eigenvalue weighted by atomic mass is 9.73. The van der Waals surface area contributed by atoms with Gasteiger partial charge in [0.2, 0.25) is 5.91 Å². The van der Waals surface area contributed by atoms with Crippen molar-refractivity contribution in [2.45, 2.75) is 57.4 Å². The third-order valence-electron chi connectivity index (χ3n) is 9.21. The van der Waals surface area contributed by atoms with Crippen molar-refractivity contribution in [1.82, 2.24) is 35.0 Å². The SMILES string of the molecule is C#Cc1cnc(CC2CCC(C(C(=O)NCc3ccccc3)c3ccc(-c4cnn(C)c4)cn3)CC2)nc1CCc1[nH]cc[n+]1C. The number of aryl methyl sites for hydroxylation is 4. The molecule has 46 heavy (non-hydrogen) atoms. The number of carbonyl (C=O) groups excluding carboxylic acids is 1. The first-order valence-corrected chi connectivity index (χ1v) is 16.1. The zero-order chi connectivity index (χ0) is 31.9. The average molecular weight is 614 g/mol. The molecule has 1 atom stereocenters. The lowest BCUT2D eigenvalue weighted by Gasteiger charge is -2.33. The van der Waals surface area contributed by atoms with Gasteiger partial charge in [-0.3, -0.25) is 14.5 Å². The van der Waals surface area contributed by atoms with E-state index in [1.54, 1.807) is 10.9 Å². The quantitative estimate of drug-likeness (QED) is 0.167. The summed E-state index contributed by atoms with van der Waals surface area (Å²) in [5, 5.41) is 7.49. The van der Waals surface area contributed by atoms with Crippen LogP contribution in [0.15, 0.2) is 79.6 Å². The predicted octanol–water partition coefficient (Wildman–Crippen LogP) is 4.64. The smallest absolute Gasteiger partial charge is 0.254 e. The standard InChI is InChI=1S/C37H40N8O/c1-4-28-22-40-34(43-32(28)16-17-35-38-18-19-44(35)2)20-26-10-12-29(13-11-26)36(37(46)41-21-27-8-6-5-7-9-27)33-15-14-30(23-39-33)31-24-42-45(3)25-31/h1,5-9,14-15,18-19,22-26,29,36H,10-13,16-17,20-21H2,2-3H3,(H,41,46)/p+1. The molecule has 1 fully saturated rings. The van der Waals surface area contributed by atoms with Crippen LogP contribution in [0, 0.1) is 24.2 Å². The summed E-state index contributed by atoms with van der Waals surface area (Å²) in [7, 11) is 3.93. The van der Waals surface area contributed by atoms with Crippen molar-refractivity contribution in [3.05, 3.63) is 114 Å². The molecule has 0 aliphatic heterocycles. The third-order valence-corrected chi connectivity index (χ3v) is 9.21. The van der Waals surface area contributed by atoms with Gasteiger partial charge >= 0.3 is 0 Å². The molecule has 6 rings (SSSR count). The molecule has 4 heterocycles. The Morgan fingerprint density at radius 2 is 1.89 bits per heavy atom. The zero-order valence-electron chi connectivity index (χ0n) is 26.6. The minimum absolute atomic E-state index is 0.0299. The van der Waals surface area contributed by atoms with E-state index in [0.717, 1.165) is 90.2 Å². The molecule has 234 valence electrons. The molecule has 9 nitrogen and oxygen atoms in total. The van der Waals surface area contributed by atoms with E-state index in [9.17, 15) is 4.79 Å². The normalized spacial score (nSPS) is 16.9. The van der Waals surface area contributed by atoms with Gasteiger partial charge in [-0.1, -0.05) is 42.3 Å². The molecule has 1 unspecified atom stereocenters. The number of amides is 1. The molecule has 1 amide bonds. The molecular weight excluding hydrogens is 572 g/mol. The van der Waals surface area contributed by atoms with Crippen molar-refractivity contribution in [3.63, 3.8) is 0 Å². The Morgan fingerprint density at radius 3 is 2.57 bits per heavy atom. The molecule has 0 bridgehead atoms. The summed E-state index contributed by atoms with van der Waals surface area (Å²) in [6.07, 6.45) is 23.5. The summed E-state index contributed by atoms with van der Waals surface area (Å²) < 4.78 is 3.86. The molecule has 0 saturated heterocycles. The first-order chi connectivity index (χ1) is 22.5. The molecule has 1 aromatic carbocycles. The molecule has 0 spiro atoms. The molecule has 1 aliphatic carbocycles. The Hall–Kier alpha value is -5.10. The van der Waals surface area contributed by atoms with Crippen molar-refractivity contribution in [2.75, 3.05) is 0 Å². The molecule has 4 aromatic heterocycles. The second-order valence-corrected chi connectivity index (χ2v) is 12.3. The van der Waals surface area contributed by atoms with Crippen LogP contribution in [0.4, 0.5) is 0 Å². The predicted molar refractivity (Wildman–Crippen MR) is 176 cm³/mol. The number of nitrogens with one attached hydrogen (secondary N) is 2. The van der Waals surface area contributed by atoms with Gasteiger partial charge < -0.3 is 5.32 Å². The highest BCUT2D eigenvalue weighted by atomic mass is 16.1. The summed E-state index contributed by atoms with van der Waals surface area (Å²) in [6.45, 7) is 0.495. The van der Waals surface area contributed by atoms with Crippen LogP contribution in [0.25, 0.3) is 11.1 Å². The van der Waals surface area contributed by atoms with Crippen molar-refractivity contribution in [2.24, 2.45) is 25.9 Å². The number of pyridine rings is 1. The first-order valence-electron chi connectivity index (χ1n) is 16.1. The number of aromatic amines is 1. The summed E-state index contributed by atoms with van der Waals surface area (Å²) in [6, 6.07) is 14.1. The summed E-state index contributed by atoms with van der Waals surface area (Å²) in [4.78, 5) is 31.5. The Labute approximate surface area is 270 Å². The van der Waals surface area contributed by atoms with Crippen LogP contribution >= 0.6 is 0 Å². The van der Waals surface area contributed by atoms with Crippen molar-refractivity contribution >= 4 is 5.91 Å². The number of benzene rings is 1. The third kappa shape index (κ3) is 7.40. The second-order valence-electron chi connectivity index (χ2n) is 12.3. The summed E-state index contributed by atoms with van der Waals surface area (Å²) in [5.41, 5.74) is 5.57. The number of carbonyl (C=O) groups is 1. The van der Waals surface area contributed by atoms with E-state index >= 15 is 0 Å². The Morgan fingerprint density at radius 1 is 1.07 bits per heavy atom. The number of imidazole rings is 1. The van der Waals surface area contributed by atoms with Gasteiger partial charge in [-0.25, -0.2) is 19.5 Å². The highest BCUT2D eigenvalue weighted by Gasteiger charge is 2.34. The van der Waals surface area contributed by atoms with Gasteiger partial charge in [-0.2, -0.15) is 5.10 Å². The lowest BCUT2D eigenvalue weighted by molar-refractivity contribution is -0.677. The van der Waals surface area contributed by atoms with Crippen LogP contribution in [0.2, 0.25) is 0 Å². The van der Waals surface area contributed by atoms with Crippen LogP contribution in [0.1, 0.15) is 65.8 Å². The maximum atomic E-state index is 13.8. The lowest BCUT2D eigenvalue weighted by Crippen LogP contribution is -2.35. The Bertz CT molecular complexity index is 1790. The number of terminal acetylenes is 1. The fourth-order valence-electron chi connectivity index (χ4n) is 6.59. The fourth-order valence-corrected chi connectivity index (χ4v) is 6.59. The number of rotatable bonds is 11. The van der Waals surface area contributed by atoms with Crippen LogP contribution in [0.3, 0.4) is 0 Å².